The summed E-state index contributed by atoms with van der Waals surface area (Å²) < 4.78 is 0. The second kappa shape index (κ2) is 5.13. The van der Waals surface area contributed by atoms with Gasteiger partial charge in [0.25, 0.3) is 0 Å². The smallest absolute Gasteiger partial charge is 0.304 e. The molecule has 0 bridgehead atoms. The maximum absolute atomic E-state index is 10.3. The summed E-state index contributed by atoms with van der Waals surface area (Å²) >= 11 is 0. The Morgan fingerprint density at radius 3 is 2.45 bits per heavy atom. The highest BCUT2D eigenvalue weighted by atomic mass is 16.4. The molecule has 0 aliphatic rings. The standard InChI is InChI=1S/C8H17NO2/c1-4-6(2)7(9-3)5-8(10)11/h6-7,9H,4-5H2,1-3H3,(H,10,11)/t6?,7-/m1/s1. The highest BCUT2D eigenvalue weighted by Crippen LogP contribution is 2.09. The molecule has 0 saturated carbocycles. The van der Waals surface area contributed by atoms with Crippen LogP contribution in [0, 0.1) is 5.92 Å². The van der Waals surface area contributed by atoms with E-state index in [4.69, 9.17) is 5.11 Å². The van der Waals surface area contributed by atoms with Gasteiger partial charge in [-0.25, -0.2) is 0 Å². The van der Waals surface area contributed by atoms with E-state index in [1.165, 1.54) is 0 Å². The van der Waals surface area contributed by atoms with Gasteiger partial charge in [0.05, 0.1) is 6.42 Å². The highest BCUT2D eigenvalue weighted by Gasteiger charge is 2.16. The molecule has 0 aliphatic carbocycles. The number of carboxylic acid groups (broad SMARTS) is 1. The summed E-state index contributed by atoms with van der Waals surface area (Å²) in [5.41, 5.74) is 0. The van der Waals surface area contributed by atoms with Crippen molar-refractivity contribution in [2.75, 3.05) is 7.05 Å². The molecule has 0 radical (unpaired) electrons. The highest BCUT2D eigenvalue weighted by molar-refractivity contribution is 5.67. The van der Waals surface area contributed by atoms with Crippen molar-refractivity contribution in [1.29, 1.82) is 0 Å². The number of rotatable bonds is 5. The molecule has 2 N–H and O–H groups in total. The lowest BCUT2D eigenvalue weighted by atomic mass is 9.97. The van der Waals surface area contributed by atoms with Crippen molar-refractivity contribution in [3.63, 3.8) is 0 Å². The van der Waals surface area contributed by atoms with Crippen LogP contribution < -0.4 is 5.32 Å². The number of carboxylic acids is 1. The van der Waals surface area contributed by atoms with Crippen LogP contribution in [0.25, 0.3) is 0 Å². The zero-order valence-corrected chi connectivity index (χ0v) is 7.42. The molecule has 0 rings (SSSR count). The van der Waals surface area contributed by atoms with Gasteiger partial charge in [-0.15, -0.1) is 0 Å². The minimum absolute atomic E-state index is 0.109. The van der Waals surface area contributed by atoms with Crippen LogP contribution in [0.4, 0.5) is 0 Å². The average Bonchev–Trinajstić information content (AvgIpc) is 1.98. The van der Waals surface area contributed by atoms with Crippen molar-refractivity contribution in [3.8, 4) is 0 Å². The summed E-state index contributed by atoms with van der Waals surface area (Å²) in [7, 11) is 1.81. The van der Waals surface area contributed by atoms with E-state index in [9.17, 15) is 4.79 Å². The van der Waals surface area contributed by atoms with Crippen LogP contribution in [0.3, 0.4) is 0 Å². The zero-order valence-electron chi connectivity index (χ0n) is 7.42. The Hall–Kier alpha value is -0.570. The monoisotopic (exact) mass is 159 g/mol. The fraction of sp³-hybridized carbons (Fsp3) is 0.875. The lowest BCUT2D eigenvalue weighted by Crippen LogP contribution is -2.33. The molecule has 0 aromatic rings. The Bertz CT molecular complexity index is 125. The summed E-state index contributed by atoms with van der Waals surface area (Å²) in [6.45, 7) is 4.13. The SMILES string of the molecule is CCC(C)[C@@H](CC(=O)O)NC. The maximum Gasteiger partial charge on any atom is 0.304 e. The van der Waals surface area contributed by atoms with Gasteiger partial charge in [-0.2, -0.15) is 0 Å². The zero-order chi connectivity index (χ0) is 8.85. The Morgan fingerprint density at radius 1 is 1.64 bits per heavy atom. The van der Waals surface area contributed by atoms with Crippen molar-refractivity contribution in [3.05, 3.63) is 0 Å². The molecular formula is C8H17NO2. The molecular weight excluding hydrogens is 142 g/mol. The predicted molar refractivity (Wildman–Crippen MR) is 44.6 cm³/mol. The van der Waals surface area contributed by atoms with Gasteiger partial charge in [0.2, 0.25) is 0 Å². The summed E-state index contributed by atoms with van der Waals surface area (Å²) in [5, 5.41) is 11.5. The third-order valence-corrected chi connectivity index (χ3v) is 2.10. The number of hydrogen-bond donors (Lipinski definition) is 2. The van der Waals surface area contributed by atoms with Gasteiger partial charge >= 0.3 is 5.97 Å². The van der Waals surface area contributed by atoms with Crippen LogP contribution in [-0.4, -0.2) is 24.2 Å². The minimum atomic E-state index is -0.732. The van der Waals surface area contributed by atoms with E-state index >= 15 is 0 Å². The number of hydrogen-bond acceptors (Lipinski definition) is 2. The van der Waals surface area contributed by atoms with Gasteiger partial charge in [0.1, 0.15) is 0 Å². The lowest BCUT2D eigenvalue weighted by molar-refractivity contribution is -0.137. The number of carbonyl (C=O) groups is 1. The van der Waals surface area contributed by atoms with Gasteiger partial charge in [-0.1, -0.05) is 20.3 Å². The van der Waals surface area contributed by atoms with Gasteiger partial charge in [0.15, 0.2) is 0 Å². The molecule has 0 amide bonds. The van der Waals surface area contributed by atoms with Gasteiger partial charge in [-0.05, 0) is 13.0 Å². The van der Waals surface area contributed by atoms with Crippen molar-refractivity contribution in [2.45, 2.75) is 32.7 Å². The fourth-order valence-corrected chi connectivity index (χ4v) is 1.06. The topological polar surface area (TPSA) is 49.3 Å². The van der Waals surface area contributed by atoms with Crippen LogP contribution in [0.2, 0.25) is 0 Å². The quantitative estimate of drug-likeness (QED) is 0.631. The average molecular weight is 159 g/mol. The number of aliphatic carboxylic acids is 1. The van der Waals surface area contributed by atoms with E-state index in [1.54, 1.807) is 7.05 Å². The molecule has 1 unspecified atom stereocenters. The Kier molecular flexibility index (Phi) is 4.86. The molecule has 0 aliphatic heterocycles. The molecule has 3 heteroatoms. The van der Waals surface area contributed by atoms with Crippen molar-refractivity contribution < 1.29 is 9.90 Å². The fourth-order valence-electron chi connectivity index (χ4n) is 1.06. The Labute approximate surface area is 67.8 Å². The van der Waals surface area contributed by atoms with Gasteiger partial charge in [-0.3, -0.25) is 4.79 Å². The molecule has 66 valence electrons. The van der Waals surface area contributed by atoms with Crippen LogP contribution >= 0.6 is 0 Å². The molecule has 2 atom stereocenters. The summed E-state index contributed by atoms with van der Waals surface area (Å²) in [4.78, 5) is 10.3. The molecule has 11 heavy (non-hydrogen) atoms. The summed E-state index contributed by atoms with van der Waals surface area (Å²) in [6, 6.07) is 0.109. The molecule has 0 fully saturated rings. The first-order valence-electron chi connectivity index (χ1n) is 4.00. The van der Waals surface area contributed by atoms with Gasteiger partial charge in [0, 0.05) is 6.04 Å². The van der Waals surface area contributed by atoms with E-state index in [-0.39, 0.29) is 12.5 Å². The van der Waals surface area contributed by atoms with E-state index in [0.717, 1.165) is 6.42 Å². The number of nitrogens with one attached hydrogen (secondary N) is 1. The third-order valence-electron chi connectivity index (χ3n) is 2.10. The molecule has 0 heterocycles. The van der Waals surface area contributed by atoms with Crippen LogP contribution in [0.15, 0.2) is 0 Å². The largest absolute Gasteiger partial charge is 0.481 e. The predicted octanol–water partition coefficient (Wildman–Crippen LogP) is 1.10. The normalized spacial score (nSPS) is 15.9. The lowest BCUT2D eigenvalue weighted by Gasteiger charge is -2.19. The van der Waals surface area contributed by atoms with Crippen molar-refractivity contribution in [2.24, 2.45) is 5.92 Å². The second-order valence-corrected chi connectivity index (χ2v) is 2.88. The van der Waals surface area contributed by atoms with Crippen LogP contribution in [-0.2, 0) is 4.79 Å². The first kappa shape index (κ1) is 10.4. The molecule has 0 saturated heterocycles. The second-order valence-electron chi connectivity index (χ2n) is 2.88. The molecule has 0 aromatic heterocycles. The molecule has 0 spiro atoms. The molecule has 0 aromatic carbocycles. The van der Waals surface area contributed by atoms with Crippen LogP contribution in [0.5, 0.6) is 0 Å². The van der Waals surface area contributed by atoms with Gasteiger partial charge < -0.3 is 10.4 Å². The van der Waals surface area contributed by atoms with E-state index in [2.05, 4.69) is 19.2 Å². The van der Waals surface area contributed by atoms with Crippen molar-refractivity contribution in [1.82, 2.24) is 5.32 Å². The Morgan fingerprint density at radius 2 is 2.18 bits per heavy atom. The van der Waals surface area contributed by atoms with Crippen molar-refractivity contribution >= 4 is 5.97 Å². The first-order chi connectivity index (χ1) is 5.11. The van der Waals surface area contributed by atoms with E-state index in [0.29, 0.717) is 5.92 Å². The minimum Gasteiger partial charge on any atom is -0.481 e. The van der Waals surface area contributed by atoms with E-state index in [1.807, 2.05) is 0 Å². The van der Waals surface area contributed by atoms with E-state index < -0.39 is 5.97 Å². The Balaban J connectivity index is 3.84. The summed E-state index contributed by atoms with van der Waals surface area (Å²) in [5.74, 6) is -0.305. The molecule has 3 nitrogen and oxygen atoms in total. The summed E-state index contributed by atoms with van der Waals surface area (Å²) in [6.07, 6.45) is 1.23. The maximum atomic E-state index is 10.3. The third kappa shape index (κ3) is 3.98. The van der Waals surface area contributed by atoms with Crippen LogP contribution in [0.1, 0.15) is 26.7 Å². The first-order valence-corrected chi connectivity index (χ1v) is 4.00.